The van der Waals surface area contributed by atoms with Gasteiger partial charge in [-0.2, -0.15) is 16.8 Å². The Hall–Kier alpha value is -1.23. The van der Waals surface area contributed by atoms with Crippen LogP contribution in [-0.2, 0) is 5.75 Å². The second-order valence-electron chi connectivity index (χ2n) is 3.62. The number of guanidine groups is 1. The Balaban J connectivity index is 0. The summed E-state index contributed by atoms with van der Waals surface area (Å²) in [6.45, 7) is 0. The topological polar surface area (TPSA) is 145 Å². The summed E-state index contributed by atoms with van der Waals surface area (Å²) in [5.74, 6) is 2.05. The third-order valence-corrected chi connectivity index (χ3v) is 3.83. The van der Waals surface area contributed by atoms with E-state index >= 15 is 0 Å². The molecule has 7 N–H and O–H groups in total. The predicted octanol–water partition coefficient (Wildman–Crippen LogP) is 1.40. The maximum absolute atomic E-state index is 10.5. The number of urea groups is 1. The first kappa shape index (κ1) is 23.0. The van der Waals surface area contributed by atoms with Crippen molar-refractivity contribution in [2.45, 2.75) is 12.2 Å². The number of hydrogen-bond donors (Lipinski definition) is 4. The van der Waals surface area contributed by atoms with Gasteiger partial charge in [0, 0.05) is 30.4 Å². The number of amidine groups is 1. The van der Waals surface area contributed by atoms with Crippen LogP contribution >= 0.6 is 47.9 Å². The number of thioether (sulfide) groups is 1. The molecule has 0 unspecified atom stereocenters. The maximum atomic E-state index is 10.5. The molecule has 1 rings (SSSR count). The Morgan fingerprint density at radius 2 is 2.09 bits per heavy atom. The second-order valence-corrected chi connectivity index (χ2v) is 5.59. The van der Waals surface area contributed by atoms with E-state index in [1.165, 1.54) is 11.3 Å². The van der Waals surface area contributed by atoms with E-state index in [1.54, 1.807) is 18.8 Å². The van der Waals surface area contributed by atoms with Crippen LogP contribution in [0.25, 0.3) is 0 Å². The third kappa shape index (κ3) is 9.66. The lowest BCUT2D eigenvalue weighted by Gasteiger charge is -2.00. The Morgan fingerprint density at radius 3 is 2.68 bits per heavy atom. The molecule has 0 bridgehead atoms. The summed E-state index contributed by atoms with van der Waals surface area (Å²) < 4.78 is 0. The van der Waals surface area contributed by atoms with Crippen LogP contribution in [0.4, 0.5) is 9.93 Å². The maximum Gasteiger partial charge on any atom is 0.339 e. The van der Waals surface area contributed by atoms with Gasteiger partial charge in [0.05, 0.1) is 5.69 Å². The Labute approximate surface area is 149 Å². The number of carbonyl (C=O) groups is 1. The summed E-state index contributed by atoms with van der Waals surface area (Å²) in [6, 6.07) is -0.766. The lowest BCUT2D eigenvalue weighted by molar-refractivity contribution is 0.256. The van der Waals surface area contributed by atoms with E-state index in [1.807, 2.05) is 5.38 Å². The number of rotatable bonds is 6. The fraction of sp³-hybridized carbons (Fsp3) is 0.400. The number of carbonyl (C=O) groups excluding carboxylic acids is 1. The number of primary amides is 1. The van der Waals surface area contributed by atoms with Crippen molar-refractivity contribution in [3.05, 3.63) is 11.1 Å². The van der Waals surface area contributed by atoms with Crippen LogP contribution in [0.5, 0.6) is 0 Å². The molecule has 0 radical (unpaired) electrons. The smallest absolute Gasteiger partial charge is 0.339 e. The van der Waals surface area contributed by atoms with Crippen molar-refractivity contribution in [3.63, 3.8) is 0 Å². The molecule has 0 saturated heterocycles. The zero-order valence-electron chi connectivity index (χ0n) is 11.8. The minimum atomic E-state index is -0.766. The Kier molecular flexibility index (Phi) is 12.9. The quantitative estimate of drug-likeness (QED) is 0.329. The Bertz CT molecular complexity index is 521. The monoisotopic (exact) mass is 387 g/mol. The number of halogens is 2. The van der Waals surface area contributed by atoms with Crippen molar-refractivity contribution in [3.8, 4) is 0 Å². The van der Waals surface area contributed by atoms with E-state index in [4.69, 9.17) is 17.2 Å². The molecule has 1 heterocycles. The standard InChI is InChI=1S/C10H17N7OS2.2ClH/c1-14-8(12)17-10-15-6(5-20-10)4-19-3-2-7(11)16-9(13)18;;/h5H,2-4H2,1H3,(H4,11,13,16,18)(H3,12,14,15,17);2*1H. The highest BCUT2D eigenvalue weighted by Gasteiger charge is 2.03. The first-order valence-corrected chi connectivity index (χ1v) is 7.68. The van der Waals surface area contributed by atoms with Crippen LogP contribution in [0, 0.1) is 0 Å². The van der Waals surface area contributed by atoms with Crippen LogP contribution in [0.15, 0.2) is 15.4 Å². The summed E-state index contributed by atoms with van der Waals surface area (Å²) in [4.78, 5) is 22.1. The third-order valence-electron chi connectivity index (χ3n) is 2.03. The van der Waals surface area contributed by atoms with Gasteiger partial charge in [-0.1, -0.05) is 0 Å². The van der Waals surface area contributed by atoms with Gasteiger partial charge in [0.15, 0.2) is 11.1 Å². The fourth-order valence-corrected chi connectivity index (χ4v) is 2.82. The normalized spacial score (nSPS) is 11.3. The van der Waals surface area contributed by atoms with Crippen LogP contribution in [0.1, 0.15) is 12.1 Å². The number of hydrogen-bond acceptors (Lipinski definition) is 5. The summed E-state index contributed by atoms with van der Waals surface area (Å²) in [5, 5.41) is 5.53. The zero-order valence-corrected chi connectivity index (χ0v) is 15.1. The lowest BCUT2D eigenvalue weighted by Crippen LogP contribution is -2.21. The Morgan fingerprint density at radius 1 is 1.41 bits per heavy atom. The van der Waals surface area contributed by atoms with Gasteiger partial charge in [0.2, 0.25) is 0 Å². The molecule has 2 amide bonds. The SMILES string of the molecule is CN=C(N)Nc1nc(CSCC/C(N)=N/C(N)=O)cs1.Cl.Cl. The fourth-order valence-electron chi connectivity index (χ4n) is 1.15. The molecule has 0 spiro atoms. The summed E-state index contributed by atoms with van der Waals surface area (Å²) in [7, 11) is 1.60. The van der Waals surface area contributed by atoms with Crippen LogP contribution < -0.4 is 22.5 Å². The molecule has 1 aromatic rings. The highest BCUT2D eigenvalue weighted by molar-refractivity contribution is 7.98. The summed E-state index contributed by atoms with van der Waals surface area (Å²) in [6.07, 6.45) is 0.512. The van der Waals surface area contributed by atoms with Crippen LogP contribution in [-0.4, -0.2) is 35.6 Å². The van der Waals surface area contributed by atoms with Gasteiger partial charge < -0.3 is 22.5 Å². The largest absolute Gasteiger partial charge is 0.387 e. The van der Waals surface area contributed by atoms with Crippen molar-refractivity contribution in [2.75, 3.05) is 18.1 Å². The lowest BCUT2D eigenvalue weighted by atomic mass is 10.4. The minimum absolute atomic E-state index is 0. The predicted molar refractivity (Wildman–Crippen MR) is 99.8 cm³/mol. The second kappa shape index (κ2) is 12.3. The number of nitrogens with two attached hydrogens (primary N) is 3. The molecule has 0 atom stereocenters. The van der Waals surface area contributed by atoms with Gasteiger partial charge in [-0.3, -0.25) is 4.99 Å². The van der Waals surface area contributed by atoms with Gasteiger partial charge in [0.1, 0.15) is 5.84 Å². The first-order valence-electron chi connectivity index (χ1n) is 5.65. The number of nitrogens with zero attached hydrogens (tertiary/aromatic N) is 3. The molecule has 0 aromatic carbocycles. The van der Waals surface area contributed by atoms with E-state index in [0.717, 1.165) is 17.2 Å². The number of anilines is 1. The summed E-state index contributed by atoms with van der Waals surface area (Å²) >= 11 is 3.10. The van der Waals surface area contributed by atoms with Gasteiger partial charge in [-0.15, -0.1) is 36.2 Å². The van der Waals surface area contributed by atoms with Gasteiger partial charge in [-0.05, 0) is 0 Å². The molecule has 0 saturated carbocycles. The molecular weight excluding hydrogens is 369 g/mol. The van der Waals surface area contributed by atoms with Gasteiger partial charge in [-0.25, -0.2) is 9.78 Å². The molecule has 12 heteroatoms. The molecule has 1 aromatic heterocycles. The van der Waals surface area contributed by atoms with Gasteiger partial charge in [0.25, 0.3) is 0 Å². The summed E-state index contributed by atoms with van der Waals surface area (Å²) in [5.41, 5.74) is 16.9. The van der Waals surface area contributed by atoms with E-state index in [0.29, 0.717) is 17.5 Å². The highest BCUT2D eigenvalue weighted by Crippen LogP contribution is 2.19. The highest BCUT2D eigenvalue weighted by atomic mass is 35.5. The zero-order chi connectivity index (χ0) is 15.0. The number of amides is 2. The first-order chi connectivity index (χ1) is 9.51. The molecule has 22 heavy (non-hydrogen) atoms. The van der Waals surface area contributed by atoms with Gasteiger partial charge >= 0.3 is 6.03 Å². The molecular formula is C10H19Cl2N7OS2. The van der Waals surface area contributed by atoms with Crippen molar-refractivity contribution in [2.24, 2.45) is 27.2 Å². The average Bonchev–Trinajstić information content (AvgIpc) is 2.81. The van der Waals surface area contributed by atoms with Crippen molar-refractivity contribution < 1.29 is 4.79 Å². The van der Waals surface area contributed by atoms with Crippen LogP contribution in [0.2, 0.25) is 0 Å². The molecule has 0 fully saturated rings. The van der Waals surface area contributed by atoms with E-state index in [-0.39, 0.29) is 30.6 Å². The molecule has 0 aliphatic heterocycles. The van der Waals surface area contributed by atoms with Crippen molar-refractivity contribution >= 4 is 70.9 Å². The number of thiazole rings is 1. The molecule has 0 aliphatic rings. The van der Waals surface area contributed by atoms with Crippen molar-refractivity contribution in [1.82, 2.24) is 4.98 Å². The van der Waals surface area contributed by atoms with E-state index in [9.17, 15) is 4.79 Å². The molecule has 0 aliphatic carbocycles. The average molecular weight is 388 g/mol. The minimum Gasteiger partial charge on any atom is -0.387 e. The van der Waals surface area contributed by atoms with Crippen LogP contribution in [0.3, 0.4) is 0 Å². The number of aromatic nitrogens is 1. The molecule has 126 valence electrons. The number of aliphatic imine (C=N–C) groups is 2. The van der Waals surface area contributed by atoms with E-state index in [2.05, 4.69) is 20.3 Å². The van der Waals surface area contributed by atoms with E-state index < -0.39 is 6.03 Å². The molecule has 8 nitrogen and oxygen atoms in total. The number of nitrogens with one attached hydrogen (secondary N) is 1. The van der Waals surface area contributed by atoms with Crippen molar-refractivity contribution in [1.29, 1.82) is 0 Å².